The summed E-state index contributed by atoms with van der Waals surface area (Å²) in [4.78, 5) is 11.9. The molecular formula is C42H54F2N4O6S4. The number of halogens is 2. The molecule has 0 saturated heterocycles. The number of ether oxygens (including phenoxy) is 2. The average Bonchev–Trinajstić information content (AvgIpc) is 4.10. The Morgan fingerprint density at radius 2 is 0.983 bits per heavy atom. The fourth-order valence-electron chi connectivity index (χ4n) is 8.28. The minimum absolute atomic E-state index is 0.00609. The van der Waals surface area contributed by atoms with Crippen LogP contribution in [0, 0.1) is 11.6 Å². The molecule has 0 unspecified atom stereocenters. The average molecular weight is 877 g/mol. The Labute approximate surface area is 349 Å². The summed E-state index contributed by atoms with van der Waals surface area (Å²) in [5, 5.41) is 4.38. The van der Waals surface area contributed by atoms with Crippen LogP contribution in [0.25, 0.3) is 0 Å². The highest BCUT2D eigenvalue weighted by Gasteiger charge is 2.36. The van der Waals surface area contributed by atoms with Gasteiger partial charge in [-0.05, 0) is 127 Å². The van der Waals surface area contributed by atoms with E-state index in [1.807, 2.05) is 28.2 Å². The van der Waals surface area contributed by atoms with Gasteiger partial charge < -0.3 is 19.3 Å². The summed E-state index contributed by atoms with van der Waals surface area (Å²) < 4.78 is 93.9. The summed E-state index contributed by atoms with van der Waals surface area (Å²) >= 11 is 2.52. The summed E-state index contributed by atoms with van der Waals surface area (Å²) in [5.41, 5.74) is 1.65. The Morgan fingerprint density at radius 1 is 0.603 bits per heavy atom. The quantitative estimate of drug-likeness (QED) is 0.122. The van der Waals surface area contributed by atoms with Crippen LogP contribution in [0.4, 0.5) is 8.78 Å². The number of thiazole rings is 2. The second-order valence-electron chi connectivity index (χ2n) is 16.5. The molecule has 4 atom stereocenters. The Kier molecular flexibility index (Phi) is 13.6. The van der Waals surface area contributed by atoms with Gasteiger partial charge in [0.25, 0.3) is 0 Å². The highest BCUT2D eigenvalue weighted by atomic mass is 32.2. The van der Waals surface area contributed by atoms with Crippen molar-refractivity contribution < 1.29 is 35.1 Å². The topological polar surface area (TPSA) is 119 Å². The number of benzene rings is 2. The molecule has 2 aromatic heterocycles. The molecule has 4 saturated carbocycles. The monoisotopic (exact) mass is 876 g/mol. The first kappa shape index (κ1) is 43.1. The van der Waals surface area contributed by atoms with Crippen LogP contribution >= 0.6 is 22.7 Å². The molecule has 316 valence electrons. The number of sulfone groups is 2. The summed E-state index contributed by atoms with van der Waals surface area (Å²) in [6.45, 7) is 0. The van der Waals surface area contributed by atoms with Crippen molar-refractivity contribution in [3.05, 3.63) is 80.2 Å². The van der Waals surface area contributed by atoms with E-state index in [1.165, 1.54) is 59.8 Å². The first-order valence-electron chi connectivity index (χ1n) is 20.3. The number of aromatic nitrogens is 2. The van der Waals surface area contributed by atoms with Crippen LogP contribution in [-0.4, -0.2) is 89.1 Å². The van der Waals surface area contributed by atoms with Gasteiger partial charge in [0, 0.05) is 47.4 Å². The zero-order valence-electron chi connectivity index (χ0n) is 33.6. The standard InChI is InChI=1S/2C21H27FN2O3S2/c2*1-24(2)17-5-3-4-6-18(17)27-19-12-16(22)20(11-15(19)14-7-8-14)29(25,26)13-21-23-9-10-28-21/h2*9-12,14,17-18H,3-8,13H2,1-2H3/t2*17-,18-/m10/s1. The van der Waals surface area contributed by atoms with Gasteiger partial charge in [-0.3, -0.25) is 0 Å². The minimum Gasteiger partial charge on any atom is -0.488 e. The Hall–Kier alpha value is -3.02. The molecular weight excluding hydrogens is 823 g/mol. The van der Waals surface area contributed by atoms with E-state index in [-0.39, 0.29) is 57.4 Å². The summed E-state index contributed by atoms with van der Waals surface area (Å²) in [5.74, 6) is -0.513. The van der Waals surface area contributed by atoms with Gasteiger partial charge in [-0.2, -0.15) is 0 Å². The van der Waals surface area contributed by atoms with E-state index in [4.69, 9.17) is 9.47 Å². The minimum atomic E-state index is -3.81. The predicted octanol–water partition coefficient (Wildman–Crippen LogP) is 8.77. The zero-order chi connectivity index (χ0) is 41.2. The number of hydrogen-bond donors (Lipinski definition) is 0. The first-order chi connectivity index (χ1) is 27.7. The lowest BCUT2D eigenvalue weighted by molar-refractivity contribution is 0.0611. The normalized spacial score (nSPS) is 22.8. The largest absolute Gasteiger partial charge is 0.488 e. The van der Waals surface area contributed by atoms with E-state index >= 15 is 0 Å². The molecule has 0 spiro atoms. The first-order valence-corrected chi connectivity index (χ1v) is 25.3. The van der Waals surface area contributed by atoms with Gasteiger partial charge in [-0.1, -0.05) is 12.8 Å². The summed E-state index contributed by atoms with van der Waals surface area (Å²) in [7, 11) is 0.564. The fourth-order valence-corrected chi connectivity index (χ4v) is 13.0. The molecule has 58 heavy (non-hydrogen) atoms. The van der Waals surface area contributed by atoms with Crippen LogP contribution < -0.4 is 9.47 Å². The molecule has 10 nitrogen and oxygen atoms in total. The van der Waals surface area contributed by atoms with Crippen molar-refractivity contribution in [2.75, 3.05) is 28.2 Å². The van der Waals surface area contributed by atoms with Crippen LogP contribution in [0.15, 0.2) is 57.2 Å². The molecule has 0 aliphatic heterocycles. The second kappa shape index (κ2) is 18.3. The third kappa shape index (κ3) is 10.5. The van der Waals surface area contributed by atoms with Gasteiger partial charge in [0.15, 0.2) is 19.7 Å². The molecule has 4 aromatic rings. The van der Waals surface area contributed by atoms with Crippen molar-refractivity contribution in [2.45, 2.75) is 134 Å². The third-order valence-electron chi connectivity index (χ3n) is 11.6. The van der Waals surface area contributed by atoms with E-state index in [0.29, 0.717) is 21.5 Å². The van der Waals surface area contributed by atoms with E-state index in [1.54, 1.807) is 23.2 Å². The van der Waals surface area contributed by atoms with E-state index in [0.717, 1.165) is 75.3 Å². The van der Waals surface area contributed by atoms with Gasteiger partial charge in [-0.15, -0.1) is 22.7 Å². The molecule has 0 radical (unpaired) electrons. The maximum absolute atomic E-state index is 15.0. The molecule has 4 aliphatic rings. The molecule has 0 bridgehead atoms. The maximum Gasteiger partial charge on any atom is 0.187 e. The van der Waals surface area contributed by atoms with Crippen molar-refractivity contribution in [1.82, 2.24) is 19.8 Å². The third-order valence-corrected chi connectivity index (χ3v) is 16.8. The van der Waals surface area contributed by atoms with Gasteiger partial charge in [0.2, 0.25) is 0 Å². The Morgan fingerprint density at radius 3 is 1.31 bits per heavy atom. The van der Waals surface area contributed by atoms with E-state index in [9.17, 15) is 25.6 Å². The van der Waals surface area contributed by atoms with Crippen molar-refractivity contribution in [2.24, 2.45) is 0 Å². The number of likely N-dealkylation sites (N-methyl/N-ethyl adjacent to an activating group) is 2. The molecule has 0 amide bonds. The van der Waals surface area contributed by atoms with Gasteiger partial charge >= 0.3 is 0 Å². The van der Waals surface area contributed by atoms with Crippen LogP contribution in [0.2, 0.25) is 0 Å². The number of nitrogens with zero attached hydrogens (tertiary/aromatic N) is 4. The lowest BCUT2D eigenvalue weighted by atomic mass is 9.91. The lowest BCUT2D eigenvalue weighted by Crippen LogP contribution is -2.44. The van der Waals surface area contributed by atoms with Gasteiger partial charge in [-0.25, -0.2) is 35.6 Å². The Balaban J connectivity index is 0.000000177. The van der Waals surface area contributed by atoms with Gasteiger partial charge in [0.05, 0.1) is 0 Å². The highest BCUT2D eigenvalue weighted by Crippen LogP contribution is 2.48. The summed E-state index contributed by atoms with van der Waals surface area (Å²) in [6, 6.07) is 6.18. The smallest absolute Gasteiger partial charge is 0.187 e. The van der Waals surface area contributed by atoms with E-state index < -0.39 is 31.3 Å². The SMILES string of the molecule is CN(C)[C@@H]1CCCC[C@H]1Oc1cc(F)c(S(=O)(=O)Cc2nccs2)cc1C1CC1.CN(C)[C@H]1CCCC[C@@H]1Oc1cc(F)c(S(=O)(=O)Cc2nccs2)cc1C1CC1. The summed E-state index contributed by atoms with van der Waals surface area (Å²) in [6.07, 6.45) is 15.5. The van der Waals surface area contributed by atoms with Gasteiger partial charge in [0.1, 0.15) is 66.7 Å². The van der Waals surface area contributed by atoms with Crippen LogP contribution in [-0.2, 0) is 31.2 Å². The lowest BCUT2D eigenvalue weighted by Gasteiger charge is -2.36. The number of rotatable bonds is 14. The molecule has 16 heteroatoms. The molecule has 2 heterocycles. The maximum atomic E-state index is 15.0. The fraction of sp³-hybridized carbons (Fsp3) is 0.571. The Bertz CT molecular complexity index is 2070. The van der Waals surface area contributed by atoms with Crippen molar-refractivity contribution >= 4 is 42.3 Å². The van der Waals surface area contributed by atoms with Crippen molar-refractivity contribution in [3.63, 3.8) is 0 Å². The van der Waals surface area contributed by atoms with Crippen molar-refractivity contribution in [1.29, 1.82) is 0 Å². The highest BCUT2D eigenvalue weighted by molar-refractivity contribution is 7.91. The van der Waals surface area contributed by atoms with Crippen LogP contribution in [0.3, 0.4) is 0 Å². The molecule has 0 N–H and O–H groups in total. The molecule has 4 aliphatic carbocycles. The van der Waals surface area contributed by atoms with E-state index in [2.05, 4.69) is 19.8 Å². The second-order valence-corrected chi connectivity index (χ2v) is 22.4. The zero-order valence-corrected chi connectivity index (χ0v) is 36.9. The predicted molar refractivity (Wildman–Crippen MR) is 223 cm³/mol. The number of hydrogen-bond acceptors (Lipinski definition) is 12. The van der Waals surface area contributed by atoms with Crippen molar-refractivity contribution in [3.8, 4) is 11.5 Å². The molecule has 4 fully saturated rings. The molecule has 8 rings (SSSR count). The van der Waals surface area contributed by atoms with Crippen LogP contribution in [0.1, 0.15) is 110 Å². The van der Waals surface area contributed by atoms with Crippen LogP contribution in [0.5, 0.6) is 11.5 Å². The molecule has 2 aromatic carbocycles.